The van der Waals surface area contributed by atoms with Crippen molar-refractivity contribution in [2.75, 3.05) is 5.32 Å². The van der Waals surface area contributed by atoms with Gasteiger partial charge in [0.1, 0.15) is 0 Å². The first kappa shape index (κ1) is 16.4. The van der Waals surface area contributed by atoms with Crippen LogP contribution >= 0.6 is 0 Å². The molecule has 0 unspecified atom stereocenters. The lowest BCUT2D eigenvalue weighted by Gasteiger charge is -2.05. The normalized spacial score (nSPS) is 10.1. The van der Waals surface area contributed by atoms with Crippen molar-refractivity contribution in [3.8, 4) is 0 Å². The molecule has 0 radical (unpaired) electrons. The third kappa shape index (κ3) is 4.74. The lowest BCUT2D eigenvalue weighted by Crippen LogP contribution is -2.13. The van der Waals surface area contributed by atoms with Gasteiger partial charge in [0.2, 0.25) is 5.91 Å². The van der Waals surface area contributed by atoms with Crippen LogP contribution < -0.4 is 5.32 Å². The van der Waals surface area contributed by atoms with Crippen molar-refractivity contribution in [2.45, 2.75) is 19.8 Å². The number of hydrogen-bond donors (Lipinski definition) is 1. The Labute approximate surface area is 133 Å². The third-order valence-electron chi connectivity index (χ3n) is 3.29. The summed E-state index contributed by atoms with van der Waals surface area (Å²) in [5.74, 6) is -0.467. The Morgan fingerprint density at radius 3 is 2.43 bits per heavy atom. The number of nitrogens with zero attached hydrogens (tertiary/aromatic N) is 1. The van der Waals surface area contributed by atoms with Gasteiger partial charge in [-0.2, -0.15) is 0 Å². The average Bonchev–Trinajstić information content (AvgIpc) is 2.53. The summed E-state index contributed by atoms with van der Waals surface area (Å²) in [7, 11) is 0. The average molecular weight is 312 g/mol. The Morgan fingerprint density at radius 1 is 1.09 bits per heavy atom. The Hall–Kier alpha value is -3.02. The molecule has 1 N–H and O–H groups in total. The summed E-state index contributed by atoms with van der Waals surface area (Å²) in [6, 6.07) is 12.8. The van der Waals surface area contributed by atoms with E-state index in [1.807, 2.05) is 19.1 Å². The fraction of sp³-hybridized carbons (Fsp3) is 0.176. The number of nitro groups is 1. The van der Waals surface area contributed by atoms with E-state index in [-0.39, 0.29) is 30.2 Å². The van der Waals surface area contributed by atoms with Crippen molar-refractivity contribution in [3.63, 3.8) is 0 Å². The maximum atomic E-state index is 12.0. The molecule has 0 saturated heterocycles. The van der Waals surface area contributed by atoms with E-state index in [9.17, 15) is 19.7 Å². The van der Waals surface area contributed by atoms with Gasteiger partial charge in [-0.15, -0.1) is 0 Å². The SMILES string of the molecule is Cc1ccc(C(=O)CCC(=O)Nc2cccc([N+](=O)[O-])c2)cc1. The van der Waals surface area contributed by atoms with Crippen molar-refractivity contribution < 1.29 is 14.5 Å². The standard InChI is InChI=1S/C17H16N2O4/c1-12-5-7-13(8-6-12)16(20)9-10-17(21)18-14-3-2-4-15(11-14)19(22)23/h2-8,11H,9-10H2,1H3,(H,18,21). The van der Waals surface area contributed by atoms with Crippen LogP contribution in [0.15, 0.2) is 48.5 Å². The third-order valence-corrected chi connectivity index (χ3v) is 3.29. The molecule has 0 bridgehead atoms. The molecule has 2 rings (SSSR count). The minimum atomic E-state index is -0.531. The molecular formula is C17H16N2O4. The maximum absolute atomic E-state index is 12.0. The molecule has 0 saturated carbocycles. The van der Waals surface area contributed by atoms with E-state index in [4.69, 9.17) is 0 Å². The lowest BCUT2D eigenvalue weighted by molar-refractivity contribution is -0.384. The molecule has 6 heteroatoms. The number of Topliss-reactive ketones (excluding diaryl/α,β-unsaturated/α-hetero) is 1. The largest absolute Gasteiger partial charge is 0.326 e. The highest BCUT2D eigenvalue weighted by Gasteiger charge is 2.11. The summed E-state index contributed by atoms with van der Waals surface area (Å²) in [5.41, 5.74) is 1.87. The van der Waals surface area contributed by atoms with Crippen LogP contribution in [-0.2, 0) is 4.79 Å². The first-order valence-corrected chi connectivity index (χ1v) is 7.10. The topological polar surface area (TPSA) is 89.3 Å². The number of aryl methyl sites for hydroxylation is 1. The fourth-order valence-corrected chi connectivity index (χ4v) is 2.03. The van der Waals surface area contributed by atoms with Crippen LogP contribution in [0.4, 0.5) is 11.4 Å². The van der Waals surface area contributed by atoms with E-state index >= 15 is 0 Å². The molecule has 1 amide bonds. The van der Waals surface area contributed by atoms with Crippen molar-refractivity contribution in [1.82, 2.24) is 0 Å². The van der Waals surface area contributed by atoms with E-state index in [1.165, 1.54) is 18.2 Å². The minimum absolute atomic E-state index is 0.0232. The van der Waals surface area contributed by atoms with E-state index in [0.29, 0.717) is 11.3 Å². The number of ketones is 1. The Kier molecular flexibility index (Phi) is 5.19. The van der Waals surface area contributed by atoms with Crippen LogP contribution in [0.5, 0.6) is 0 Å². The van der Waals surface area contributed by atoms with Crippen LogP contribution in [-0.4, -0.2) is 16.6 Å². The predicted octanol–water partition coefficient (Wildman–Crippen LogP) is 3.50. The van der Waals surface area contributed by atoms with Gasteiger partial charge < -0.3 is 5.32 Å². The number of anilines is 1. The van der Waals surface area contributed by atoms with E-state index in [0.717, 1.165) is 5.56 Å². The molecule has 0 aromatic heterocycles. The monoisotopic (exact) mass is 312 g/mol. The molecule has 118 valence electrons. The van der Waals surface area contributed by atoms with Crippen LogP contribution in [0.1, 0.15) is 28.8 Å². The van der Waals surface area contributed by atoms with E-state index < -0.39 is 4.92 Å². The van der Waals surface area contributed by atoms with Crippen LogP contribution in [0, 0.1) is 17.0 Å². The van der Waals surface area contributed by atoms with Crippen molar-refractivity contribution in [3.05, 3.63) is 69.8 Å². The number of nitro benzene ring substituents is 1. The van der Waals surface area contributed by atoms with Gasteiger partial charge in [0.25, 0.3) is 5.69 Å². The zero-order valence-electron chi connectivity index (χ0n) is 12.6. The second kappa shape index (κ2) is 7.31. The van der Waals surface area contributed by atoms with Crippen LogP contribution in [0.2, 0.25) is 0 Å². The Bertz CT molecular complexity index is 739. The number of carbonyl (C=O) groups excluding carboxylic acids is 2. The molecule has 2 aromatic carbocycles. The van der Waals surface area contributed by atoms with Crippen molar-refractivity contribution in [1.29, 1.82) is 0 Å². The summed E-state index contributed by atoms with van der Waals surface area (Å²) in [4.78, 5) is 34.0. The highest BCUT2D eigenvalue weighted by Crippen LogP contribution is 2.17. The summed E-state index contributed by atoms with van der Waals surface area (Å²) in [6.07, 6.45) is 0.110. The van der Waals surface area contributed by atoms with Gasteiger partial charge in [-0.05, 0) is 13.0 Å². The summed E-state index contributed by atoms with van der Waals surface area (Å²) < 4.78 is 0. The van der Waals surface area contributed by atoms with Crippen molar-refractivity contribution >= 4 is 23.1 Å². The number of benzene rings is 2. The van der Waals surface area contributed by atoms with Gasteiger partial charge in [-0.1, -0.05) is 35.9 Å². The van der Waals surface area contributed by atoms with E-state index in [1.54, 1.807) is 18.2 Å². The molecule has 23 heavy (non-hydrogen) atoms. The Morgan fingerprint density at radius 2 is 1.78 bits per heavy atom. The van der Waals surface area contributed by atoms with Gasteiger partial charge in [-0.3, -0.25) is 19.7 Å². The molecule has 0 aliphatic carbocycles. The molecule has 0 aliphatic rings. The molecular weight excluding hydrogens is 296 g/mol. The lowest BCUT2D eigenvalue weighted by atomic mass is 10.0. The summed E-state index contributed by atoms with van der Waals surface area (Å²) in [5, 5.41) is 13.2. The van der Waals surface area contributed by atoms with Gasteiger partial charge in [0.05, 0.1) is 4.92 Å². The number of nitrogens with one attached hydrogen (secondary N) is 1. The smallest absolute Gasteiger partial charge is 0.271 e. The quantitative estimate of drug-likeness (QED) is 0.502. The number of carbonyl (C=O) groups is 2. The first-order chi connectivity index (χ1) is 11.0. The number of non-ortho nitro benzene ring substituents is 1. The van der Waals surface area contributed by atoms with Crippen LogP contribution in [0.25, 0.3) is 0 Å². The highest BCUT2D eigenvalue weighted by atomic mass is 16.6. The van der Waals surface area contributed by atoms with Crippen LogP contribution in [0.3, 0.4) is 0 Å². The van der Waals surface area contributed by atoms with Gasteiger partial charge in [-0.25, -0.2) is 0 Å². The van der Waals surface area contributed by atoms with Gasteiger partial charge >= 0.3 is 0 Å². The maximum Gasteiger partial charge on any atom is 0.271 e. The molecule has 0 spiro atoms. The molecule has 0 heterocycles. The van der Waals surface area contributed by atoms with Gasteiger partial charge in [0, 0.05) is 36.2 Å². The Balaban J connectivity index is 1.90. The molecule has 0 aliphatic heterocycles. The molecule has 2 aromatic rings. The van der Waals surface area contributed by atoms with E-state index in [2.05, 4.69) is 5.32 Å². The predicted molar refractivity (Wildman–Crippen MR) is 86.5 cm³/mol. The molecule has 0 atom stereocenters. The highest BCUT2D eigenvalue weighted by molar-refractivity contribution is 6.00. The molecule has 0 fully saturated rings. The number of rotatable bonds is 6. The summed E-state index contributed by atoms with van der Waals surface area (Å²) >= 11 is 0. The number of hydrogen-bond acceptors (Lipinski definition) is 4. The zero-order chi connectivity index (χ0) is 16.8. The van der Waals surface area contributed by atoms with Crippen molar-refractivity contribution in [2.24, 2.45) is 0 Å². The van der Waals surface area contributed by atoms with Gasteiger partial charge in [0.15, 0.2) is 5.78 Å². The fourth-order valence-electron chi connectivity index (χ4n) is 2.03. The molecule has 6 nitrogen and oxygen atoms in total. The first-order valence-electron chi connectivity index (χ1n) is 7.10. The second-order valence-corrected chi connectivity index (χ2v) is 5.14. The number of amides is 1. The minimum Gasteiger partial charge on any atom is -0.326 e. The second-order valence-electron chi connectivity index (χ2n) is 5.14. The zero-order valence-corrected chi connectivity index (χ0v) is 12.6. The summed E-state index contributed by atoms with van der Waals surface area (Å²) in [6.45, 7) is 1.93.